The van der Waals surface area contributed by atoms with Gasteiger partial charge in [-0.25, -0.2) is 0 Å². The van der Waals surface area contributed by atoms with Crippen molar-refractivity contribution in [3.8, 4) is 12.3 Å². The van der Waals surface area contributed by atoms with Gasteiger partial charge in [0.15, 0.2) is 0 Å². The molecule has 0 saturated heterocycles. The molecule has 1 heteroatoms. The lowest BCUT2D eigenvalue weighted by Gasteiger charge is -1.88. The van der Waals surface area contributed by atoms with Gasteiger partial charge in [0.1, 0.15) is 0 Å². The maximum absolute atomic E-state index is 5.12. The molecule has 0 aromatic heterocycles. The Hall–Kier alpha value is -0.870. The molecule has 0 amide bonds. The van der Waals surface area contributed by atoms with E-state index < -0.39 is 0 Å². The van der Waals surface area contributed by atoms with E-state index in [1.807, 2.05) is 24.3 Å². The van der Waals surface area contributed by atoms with E-state index in [0.717, 1.165) is 10.5 Å². The fraction of sp³-hybridized carbons (Fsp3) is 0. The van der Waals surface area contributed by atoms with E-state index in [1.54, 1.807) is 0 Å². The average molecular weight is 134 g/mol. The van der Waals surface area contributed by atoms with Crippen LogP contribution in [0.3, 0.4) is 0 Å². The van der Waals surface area contributed by atoms with E-state index in [-0.39, 0.29) is 0 Å². The summed E-state index contributed by atoms with van der Waals surface area (Å²) in [6.07, 6.45) is 5.12. The molecule has 0 saturated carbocycles. The lowest BCUT2D eigenvalue weighted by molar-refractivity contribution is 1.46. The van der Waals surface area contributed by atoms with Gasteiger partial charge in [0.25, 0.3) is 0 Å². The first-order valence-corrected chi connectivity index (χ1v) is 3.03. The first-order valence-electron chi connectivity index (χ1n) is 2.58. The van der Waals surface area contributed by atoms with Crippen molar-refractivity contribution in [3.05, 3.63) is 29.8 Å². The van der Waals surface area contributed by atoms with Crippen LogP contribution >= 0.6 is 12.6 Å². The molecule has 0 fully saturated rings. The lowest BCUT2D eigenvalue weighted by atomic mass is 10.2. The molecule has 0 N–H and O–H groups in total. The van der Waals surface area contributed by atoms with Crippen molar-refractivity contribution in [2.45, 2.75) is 4.90 Å². The highest BCUT2D eigenvalue weighted by atomic mass is 32.1. The maximum atomic E-state index is 5.12. The molecule has 44 valence electrons. The standard InChI is InChI=1S/C8H6S/c1-2-7-3-5-8(9)6-4-7/h1,3-6,9H. The molecule has 0 bridgehead atoms. The van der Waals surface area contributed by atoms with Crippen molar-refractivity contribution >= 4 is 12.6 Å². The molecule has 0 spiro atoms. The van der Waals surface area contributed by atoms with Gasteiger partial charge in [-0.2, -0.15) is 0 Å². The summed E-state index contributed by atoms with van der Waals surface area (Å²) in [5.41, 5.74) is 0.896. The Kier molecular flexibility index (Phi) is 1.81. The Bertz CT molecular complexity index is 228. The number of thiol groups is 1. The Morgan fingerprint density at radius 2 is 1.78 bits per heavy atom. The molecule has 1 aromatic rings. The molecule has 0 atom stereocenters. The smallest absolute Gasteiger partial charge is 0.0243 e. The van der Waals surface area contributed by atoms with Crippen LogP contribution in [-0.4, -0.2) is 0 Å². The van der Waals surface area contributed by atoms with Crippen LogP contribution in [0, 0.1) is 12.3 Å². The summed E-state index contributed by atoms with van der Waals surface area (Å²) in [5.74, 6) is 2.52. The molecule has 0 aliphatic carbocycles. The van der Waals surface area contributed by atoms with E-state index >= 15 is 0 Å². The van der Waals surface area contributed by atoms with Gasteiger partial charge < -0.3 is 0 Å². The second kappa shape index (κ2) is 2.61. The monoisotopic (exact) mass is 134 g/mol. The number of hydrogen-bond donors (Lipinski definition) is 1. The molecule has 0 radical (unpaired) electrons. The molecule has 0 heterocycles. The van der Waals surface area contributed by atoms with Crippen LogP contribution in [-0.2, 0) is 0 Å². The molecular weight excluding hydrogens is 128 g/mol. The van der Waals surface area contributed by atoms with Crippen molar-refractivity contribution in [1.82, 2.24) is 0 Å². The van der Waals surface area contributed by atoms with Gasteiger partial charge >= 0.3 is 0 Å². The Morgan fingerprint density at radius 3 is 2.22 bits per heavy atom. The zero-order chi connectivity index (χ0) is 6.69. The highest BCUT2D eigenvalue weighted by Crippen LogP contribution is 2.05. The summed E-state index contributed by atoms with van der Waals surface area (Å²) in [7, 11) is 0. The third-order valence-corrected chi connectivity index (χ3v) is 1.33. The van der Waals surface area contributed by atoms with Crippen LogP contribution in [0.2, 0.25) is 0 Å². The molecule has 1 rings (SSSR count). The Labute approximate surface area is 60.3 Å². The van der Waals surface area contributed by atoms with Crippen LogP contribution in [0.25, 0.3) is 0 Å². The SMILES string of the molecule is C#Cc1ccc(S)cc1. The van der Waals surface area contributed by atoms with Gasteiger partial charge in [0.05, 0.1) is 0 Å². The number of hydrogen-bond acceptors (Lipinski definition) is 1. The van der Waals surface area contributed by atoms with Gasteiger partial charge in [-0.05, 0) is 24.3 Å². The maximum Gasteiger partial charge on any atom is 0.0243 e. The second-order valence-corrected chi connectivity index (χ2v) is 2.21. The van der Waals surface area contributed by atoms with E-state index in [4.69, 9.17) is 6.42 Å². The zero-order valence-corrected chi connectivity index (χ0v) is 5.73. The van der Waals surface area contributed by atoms with Crippen molar-refractivity contribution in [2.75, 3.05) is 0 Å². The molecule has 9 heavy (non-hydrogen) atoms. The average Bonchev–Trinajstić information content (AvgIpc) is 1.90. The summed E-state index contributed by atoms with van der Waals surface area (Å²) in [4.78, 5) is 0.939. The summed E-state index contributed by atoms with van der Waals surface area (Å²) in [6, 6.07) is 7.47. The summed E-state index contributed by atoms with van der Waals surface area (Å²) in [6.45, 7) is 0. The van der Waals surface area contributed by atoms with E-state index in [0.29, 0.717) is 0 Å². The van der Waals surface area contributed by atoms with Crippen LogP contribution in [0.1, 0.15) is 5.56 Å². The normalized spacial score (nSPS) is 8.44. The van der Waals surface area contributed by atoms with Crippen LogP contribution < -0.4 is 0 Å². The largest absolute Gasteiger partial charge is 0.143 e. The number of benzene rings is 1. The third-order valence-electron chi connectivity index (χ3n) is 1.03. The van der Waals surface area contributed by atoms with Crippen molar-refractivity contribution in [1.29, 1.82) is 0 Å². The summed E-state index contributed by atoms with van der Waals surface area (Å²) < 4.78 is 0. The zero-order valence-electron chi connectivity index (χ0n) is 4.83. The summed E-state index contributed by atoms with van der Waals surface area (Å²) >= 11 is 4.10. The fourth-order valence-electron chi connectivity index (χ4n) is 0.558. The van der Waals surface area contributed by atoms with Gasteiger partial charge in [-0.15, -0.1) is 19.1 Å². The Morgan fingerprint density at radius 1 is 1.22 bits per heavy atom. The van der Waals surface area contributed by atoms with E-state index in [2.05, 4.69) is 18.5 Å². The predicted octanol–water partition coefficient (Wildman–Crippen LogP) is 1.96. The minimum atomic E-state index is 0.896. The Balaban J connectivity index is 3.06. The van der Waals surface area contributed by atoms with Crippen molar-refractivity contribution in [2.24, 2.45) is 0 Å². The highest BCUT2D eigenvalue weighted by Gasteiger charge is 1.83. The first-order chi connectivity index (χ1) is 4.33. The number of rotatable bonds is 0. The lowest BCUT2D eigenvalue weighted by Crippen LogP contribution is -1.69. The van der Waals surface area contributed by atoms with E-state index in [9.17, 15) is 0 Å². The minimum Gasteiger partial charge on any atom is -0.143 e. The first kappa shape index (κ1) is 6.25. The fourth-order valence-corrected chi connectivity index (χ4v) is 0.707. The molecule has 0 aliphatic rings. The van der Waals surface area contributed by atoms with Gasteiger partial charge in [0, 0.05) is 10.5 Å². The molecule has 0 unspecified atom stereocenters. The van der Waals surface area contributed by atoms with Crippen molar-refractivity contribution in [3.63, 3.8) is 0 Å². The highest BCUT2D eigenvalue weighted by molar-refractivity contribution is 7.80. The van der Waals surface area contributed by atoms with Gasteiger partial charge in [-0.1, -0.05) is 5.92 Å². The molecule has 0 nitrogen and oxygen atoms in total. The number of terminal acetylenes is 1. The third kappa shape index (κ3) is 1.51. The molecule has 1 aromatic carbocycles. The van der Waals surface area contributed by atoms with Gasteiger partial charge in [-0.3, -0.25) is 0 Å². The van der Waals surface area contributed by atoms with E-state index in [1.165, 1.54) is 0 Å². The van der Waals surface area contributed by atoms with Crippen LogP contribution in [0.15, 0.2) is 29.2 Å². The van der Waals surface area contributed by atoms with Crippen molar-refractivity contribution < 1.29 is 0 Å². The minimum absolute atomic E-state index is 0.896. The molecular formula is C8H6S. The molecule has 0 aliphatic heterocycles. The van der Waals surface area contributed by atoms with Crippen LogP contribution in [0.5, 0.6) is 0 Å². The van der Waals surface area contributed by atoms with Crippen LogP contribution in [0.4, 0.5) is 0 Å². The summed E-state index contributed by atoms with van der Waals surface area (Å²) in [5, 5.41) is 0. The topological polar surface area (TPSA) is 0 Å². The quantitative estimate of drug-likeness (QED) is 0.407. The predicted molar refractivity (Wildman–Crippen MR) is 41.6 cm³/mol. The van der Waals surface area contributed by atoms with Gasteiger partial charge in [0.2, 0.25) is 0 Å². The second-order valence-electron chi connectivity index (χ2n) is 1.69.